The van der Waals surface area contributed by atoms with Crippen LogP contribution in [0.3, 0.4) is 0 Å². The summed E-state index contributed by atoms with van der Waals surface area (Å²) in [5.74, 6) is 0.701. The molecular weight excluding hydrogens is 252 g/mol. The van der Waals surface area contributed by atoms with E-state index in [4.69, 9.17) is 16.3 Å². The molecule has 100 valence electrons. The molecule has 1 amide bonds. The molecule has 1 atom stereocenters. The first-order valence-electron chi connectivity index (χ1n) is 5.72. The smallest absolute Gasteiger partial charge is 0.238 e. The number of amides is 1. The third-order valence-corrected chi connectivity index (χ3v) is 2.94. The Morgan fingerprint density at radius 2 is 2.17 bits per heavy atom. The lowest BCUT2D eigenvalue weighted by Crippen LogP contribution is -2.41. The van der Waals surface area contributed by atoms with Crippen LogP contribution >= 0.6 is 11.6 Å². The van der Waals surface area contributed by atoms with Crippen LogP contribution in [0.5, 0.6) is 5.75 Å². The van der Waals surface area contributed by atoms with E-state index < -0.39 is 0 Å². The minimum atomic E-state index is -0.221. The van der Waals surface area contributed by atoms with E-state index in [0.29, 0.717) is 17.3 Å². The summed E-state index contributed by atoms with van der Waals surface area (Å²) in [6.45, 7) is 2.43. The molecule has 0 spiro atoms. The van der Waals surface area contributed by atoms with Gasteiger partial charge in [-0.2, -0.15) is 0 Å². The van der Waals surface area contributed by atoms with E-state index in [-0.39, 0.29) is 11.9 Å². The average Bonchev–Trinajstić information content (AvgIpc) is 2.35. The maximum atomic E-state index is 11.6. The average molecular weight is 271 g/mol. The zero-order valence-corrected chi connectivity index (χ0v) is 11.9. The molecule has 5 heteroatoms. The zero-order chi connectivity index (χ0) is 13.7. The number of carbonyl (C=O) groups is 1. The first-order valence-corrected chi connectivity index (χ1v) is 6.10. The van der Waals surface area contributed by atoms with Gasteiger partial charge in [0, 0.05) is 20.6 Å². The summed E-state index contributed by atoms with van der Waals surface area (Å²) in [4.78, 5) is 13.2. The normalized spacial score (nSPS) is 12.1. The van der Waals surface area contributed by atoms with Gasteiger partial charge in [-0.15, -0.1) is 0 Å². The van der Waals surface area contributed by atoms with Gasteiger partial charge in [-0.25, -0.2) is 0 Å². The summed E-state index contributed by atoms with van der Waals surface area (Å²) in [6, 6.07) is 5.35. The molecule has 0 radical (unpaired) electrons. The Kier molecular flexibility index (Phi) is 5.44. The highest BCUT2D eigenvalue weighted by Gasteiger charge is 2.13. The number of likely N-dealkylation sites (N-methyl/N-ethyl adjacent to an activating group) is 1. The zero-order valence-electron chi connectivity index (χ0n) is 11.2. The van der Waals surface area contributed by atoms with Crippen molar-refractivity contribution in [1.29, 1.82) is 0 Å². The van der Waals surface area contributed by atoms with Crippen LogP contribution < -0.4 is 10.1 Å². The number of hydrogen-bond acceptors (Lipinski definition) is 3. The molecular formula is C13H19ClN2O2. The van der Waals surface area contributed by atoms with Gasteiger partial charge in [0.15, 0.2) is 0 Å². The Balaban J connectivity index is 2.59. The Hall–Kier alpha value is -1.26. The minimum Gasteiger partial charge on any atom is -0.495 e. The van der Waals surface area contributed by atoms with Crippen molar-refractivity contribution in [1.82, 2.24) is 10.2 Å². The van der Waals surface area contributed by atoms with Crippen molar-refractivity contribution in [2.45, 2.75) is 19.5 Å². The van der Waals surface area contributed by atoms with Gasteiger partial charge < -0.3 is 15.0 Å². The van der Waals surface area contributed by atoms with E-state index in [0.717, 1.165) is 5.56 Å². The molecule has 1 rings (SSSR count). The molecule has 1 aromatic carbocycles. The molecule has 0 saturated carbocycles. The lowest BCUT2D eigenvalue weighted by molar-refractivity contribution is -0.130. The summed E-state index contributed by atoms with van der Waals surface area (Å²) >= 11 is 6.03. The summed E-state index contributed by atoms with van der Waals surface area (Å²) in [6.07, 6.45) is 0. The molecule has 4 nitrogen and oxygen atoms in total. The number of methoxy groups -OCH3 is 1. The van der Waals surface area contributed by atoms with Gasteiger partial charge in [0.1, 0.15) is 5.75 Å². The molecule has 18 heavy (non-hydrogen) atoms. The van der Waals surface area contributed by atoms with Crippen LogP contribution in [0.1, 0.15) is 12.5 Å². The second-order valence-corrected chi connectivity index (χ2v) is 4.71. The summed E-state index contributed by atoms with van der Waals surface area (Å²) in [7, 11) is 5.06. The van der Waals surface area contributed by atoms with Crippen LogP contribution in [0, 0.1) is 0 Å². The third-order valence-electron chi connectivity index (χ3n) is 2.64. The standard InChI is InChI=1S/C13H19ClN2O2/c1-9(13(17)16(2)3)15-8-10-5-6-12(18-4)11(14)7-10/h5-7,9,15H,8H2,1-4H3. The van der Waals surface area contributed by atoms with Gasteiger partial charge in [-0.1, -0.05) is 17.7 Å². The highest BCUT2D eigenvalue weighted by atomic mass is 35.5. The summed E-state index contributed by atoms with van der Waals surface area (Å²) in [5.41, 5.74) is 1.01. The van der Waals surface area contributed by atoms with E-state index in [1.807, 2.05) is 25.1 Å². The van der Waals surface area contributed by atoms with E-state index in [2.05, 4.69) is 5.32 Å². The largest absolute Gasteiger partial charge is 0.495 e. The Morgan fingerprint density at radius 1 is 1.50 bits per heavy atom. The van der Waals surface area contributed by atoms with Crippen molar-refractivity contribution in [3.05, 3.63) is 28.8 Å². The molecule has 0 aliphatic rings. The number of nitrogens with zero attached hydrogens (tertiary/aromatic N) is 1. The van der Waals surface area contributed by atoms with Crippen molar-refractivity contribution >= 4 is 17.5 Å². The van der Waals surface area contributed by atoms with Crippen LogP contribution in [-0.4, -0.2) is 38.1 Å². The molecule has 0 bridgehead atoms. The third kappa shape index (κ3) is 3.89. The van der Waals surface area contributed by atoms with Crippen LogP contribution in [-0.2, 0) is 11.3 Å². The molecule has 1 unspecified atom stereocenters. The van der Waals surface area contributed by atoms with Gasteiger partial charge in [-0.05, 0) is 24.6 Å². The molecule has 0 aliphatic heterocycles. The highest BCUT2D eigenvalue weighted by Crippen LogP contribution is 2.24. The van der Waals surface area contributed by atoms with Crippen molar-refractivity contribution in [3.8, 4) is 5.75 Å². The first kappa shape index (κ1) is 14.8. The number of benzene rings is 1. The van der Waals surface area contributed by atoms with Gasteiger partial charge in [0.05, 0.1) is 18.2 Å². The molecule has 1 N–H and O–H groups in total. The number of nitrogens with one attached hydrogen (secondary N) is 1. The number of halogens is 1. The van der Waals surface area contributed by atoms with Crippen molar-refractivity contribution in [3.63, 3.8) is 0 Å². The predicted octanol–water partition coefficient (Wildman–Crippen LogP) is 1.91. The maximum absolute atomic E-state index is 11.6. The van der Waals surface area contributed by atoms with Crippen molar-refractivity contribution in [2.24, 2.45) is 0 Å². The fraction of sp³-hybridized carbons (Fsp3) is 0.462. The molecule has 0 saturated heterocycles. The minimum absolute atomic E-state index is 0.0506. The molecule has 0 heterocycles. The Bertz CT molecular complexity index is 421. The van der Waals surface area contributed by atoms with E-state index in [1.165, 1.54) is 0 Å². The van der Waals surface area contributed by atoms with Crippen molar-refractivity contribution < 1.29 is 9.53 Å². The number of hydrogen-bond donors (Lipinski definition) is 1. The monoisotopic (exact) mass is 270 g/mol. The fourth-order valence-corrected chi connectivity index (χ4v) is 1.85. The SMILES string of the molecule is COc1ccc(CNC(C)C(=O)N(C)C)cc1Cl. The number of rotatable bonds is 5. The van der Waals surface area contributed by atoms with Crippen LogP contribution in [0.15, 0.2) is 18.2 Å². The molecule has 0 fully saturated rings. The van der Waals surface area contributed by atoms with E-state index >= 15 is 0 Å². The van der Waals surface area contributed by atoms with Crippen LogP contribution in [0.25, 0.3) is 0 Å². The van der Waals surface area contributed by atoms with Gasteiger partial charge in [0.25, 0.3) is 0 Å². The van der Waals surface area contributed by atoms with Gasteiger partial charge in [-0.3, -0.25) is 4.79 Å². The predicted molar refractivity (Wildman–Crippen MR) is 73.0 cm³/mol. The second-order valence-electron chi connectivity index (χ2n) is 4.30. The lowest BCUT2D eigenvalue weighted by Gasteiger charge is -2.18. The number of ether oxygens (including phenoxy) is 1. The van der Waals surface area contributed by atoms with E-state index in [1.54, 1.807) is 26.1 Å². The summed E-state index contributed by atoms with van der Waals surface area (Å²) in [5, 5.41) is 3.73. The molecule has 0 aromatic heterocycles. The fourth-order valence-electron chi connectivity index (χ4n) is 1.57. The van der Waals surface area contributed by atoms with Crippen molar-refractivity contribution in [2.75, 3.05) is 21.2 Å². The Morgan fingerprint density at radius 3 is 2.67 bits per heavy atom. The van der Waals surface area contributed by atoms with Gasteiger partial charge in [0.2, 0.25) is 5.91 Å². The summed E-state index contributed by atoms with van der Waals surface area (Å²) < 4.78 is 5.08. The van der Waals surface area contributed by atoms with E-state index in [9.17, 15) is 4.79 Å². The molecule has 0 aliphatic carbocycles. The second kappa shape index (κ2) is 6.61. The first-order chi connectivity index (χ1) is 8.45. The lowest BCUT2D eigenvalue weighted by atomic mass is 10.2. The topological polar surface area (TPSA) is 41.6 Å². The van der Waals surface area contributed by atoms with Crippen LogP contribution in [0.2, 0.25) is 5.02 Å². The van der Waals surface area contributed by atoms with Gasteiger partial charge >= 0.3 is 0 Å². The Labute approximate surface area is 113 Å². The quantitative estimate of drug-likeness (QED) is 0.889. The number of carbonyl (C=O) groups excluding carboxylic acids is 1. The van der Waals surface area contributed by atoms with Crippen LogP contribution in [0.4, 0.5) is 0 Å². The molecule has 1 aromatic rings. The maximum Gasteiger partial charge on any atom is 0.238 e. The highest BCUT2D eigenvalue weighted by molar-refractivity contribution is 6.32.